The summed E-state index contributed by atoms with van der Waals surface area (Å²) in [6.45, 7) is 4.85. The van der Waals surface area contributed by atoms with E-state index in [0.717, 1.165) is 0 Å². The first kappa shape index (κ1) is 32.9. The van der Waals surface area contributed by atoms with Gasteiger partial charge in [-0.2, -0.15) is 0 Å². The van der Waals surface area contributed by atoms with Gasteiger partial charge < -0.3 is 4.90 Å². The van der Waals surface area contributed by atoms with E-state index in [1.54, 1.807) is 0 Å². The molecule has 0 saturated carbocycles. The highest BCUT2D eigenvalue weighted by Gasteiger charge is 2.56. The molecule has 1 atom stereocenters. The van der Waals surface area contributed by atoms with E-state index in [9.17, 15) is 0 Å². The highest BCUT2D eigenvalue weighted by molar-refractivity contribution is 7.24. The normalized spacial score (nSPS) is 17.8. The summed E-state index contributed by atoms with van der Waals surface area (Å²) in [5.41, 5.74) is 22.4. The van der Waals surface area contributed by atoms with Crippen molar-refractivity contribution in [3.63, 3.8) is 0 Å². The second-order valence-electron chi connectivity index (χ2n) is 17.9. The molecule has 14 rings (SSSR count). The van der Waals surface area contributed by atoms with Crippen molar-refractivity contribution in [1.82, 2.24) is 0 Å². The average molecular weight is 778 g/mol. The van der Waals surface area contributed by atoms with Crippen LogP contribution in [0.3, 0.4) is 0 Å². The summed E-state index contributed by atoms with van der Waals surface area (Å²) in [4.78, 5) is 2.58. The predicted molar refractivity (Wildman–Crippen MR) is 251 cm³/mol. The molecule has 1 nitrogen and oxygen atoms in total. The van der Waals surface area contributed by atoms with Gasteiger partial charge in [0, 0.05) is 11.1 Å². The topological polar surface area (TPSA) is 3.24 Å². The van der Waals surface area contributed by atoms with E-state index in [2.05, 4.69) is 219 Å². The van der Waals surface area contributed by atoms with E-state index in [1.165, 1.54) is 116 Å². The monoisotopic (exact) mass is 777 g/mol. The maximum atomic E-state index is 2.67. The lowest BCUT2D eigenvalue weighted by atomic mass is 9.64. The van der Waals surface area contributed by atoms with Gasteiger partial charge in [-0.05, 0) is 129 Å². The fourth-order valence-corrected chi connectivity index (χ4v) is 18.4. The Balaban J connectivity index is 1.05. The Bertz CT molecular complexity index is 3290. The number of nitrogens with zero attached hydrogens (tertiary/aromatic N) is 1. The summed E-state index contributed by atoms with van der Waals surface area (Å²) in [7, 11) is -2.79. The van der Waals surface area contributed by atoms with E-state index in [1.807, 2.05) is 0 Å². The summed E-state index contributed by atoms with van der Waals surface area (Å²) in [6.07, 6.45) is 0. The third-order valence-corrected chi connectivity index (χ3v) is 20.0. The lowest BCUT2D eigenvalue weighted by Gasteiger charge is -2.45. The maximum Gasteiger partial charge on any atom is 0.182 e. The Kier molecular flexibility index (Phi) is 6.13. The summed E-state index contributed by atoms with van der Waals surface area (Å²) in [5.74, 6) is 0. The molecule has 3 aliphatic heterocycles. The number of hydrogen-bond acceptors (Lipinski definition) is 1. The largest absolute Gasteiger partial charge is 0.310 e. The summed E-state index contributed by atoms with van der Waals surface area (Å²) in [5, 5.41) is 6.04. The third kappa shape index (κ3) is 3.65. The molecule has 280 valence electrons. The van der Waals surface area contributed by atoms with Crippen molar-refractivity contribution >= 4 is 45.9 Å². The van der Waals surface area contributed by atoms with Gasteiger partial charge in [0.2, 0.25) is 0 Å². The van der Waals surface area contributed by atoms with Crippen molar-refractivity contribution in [3.8, 4) is 44.5 Å². The van der Waals surface area contributed by atoms with E-state index < -0.39 is 13.5 Å². The third-order valence-electron chi connectivity index (χ3n) is 15.1. The second-order valence-corrected chi connectivity index (χ2v) is 21.6. The summed E-state index contributed by atoms with van der Waals surface area (Å²) >= 11 is 0. The van der Waals surface area contributed by atoms with Gasteiger partial charge in [-0.3, -0.25) is 0 Å². The van der Waals surface area contributed by atoms with Crippen LogP contribution in [-0.2, 0) is 10.8 Å². The molecule has 2 aliphatic carbocycles. The molecule has 0 aromatic heterocycles. The maximum absolute atomic E-state index is 2.79. The lowest BCUT2D eigenvalue weighted by Crippen LogP contribution is -2.70. The van der Waals surface area contributed by atoms with Crippen molar-refractivity contribution in [2.75, 3.05) is 4.90 Å². The SMILES string of the molecule is CC1(C)c2ccccc2-c2cc3c(cc21)[Si]1(c2ccccc2-c2ccc(N4c5ccccc5C5(c6ccccc6-c6ccccc65)c5ccccc54)cc21)c1ccccc1-3. The second kappa shape index (κ2) is 11.2. The minimum Gasteiger partial charge on any atom is -0.310 e. The predicted octanol–water partition coefficient (Wildman–Crippen LogP) is 11.5. The lowest BCUT2D eigenvalue weighted by molar-refractivity contribution is 0.661. The minimum atomic E-state index is -2.79. The van der Waals surface area contributed by atoms with Crippen molar-refractivity contribution in [3.05, 3.63) is 234 Å². The zero-order valence-corrected chi connectivity index (χ0v) is 34.5. The standard InChI is InChI=1S/C58H39NSi/c1-57(2)45-22-8-3-19-39(45)43-34-44-41-21-7-16-30-54(41)60(56(44)35-50(43)57)53-29-15-6-20-40(53)42-32-31-36(33-55(42)60)59-51-27-13-11-25-48(51)58(49-26-12-14-28-52(49)59)46-23-9-4-17-37(46)38-18-5-10-24-47(38)58/h3-35H,1-2H3. The number of hydrogen-bond donors (Lipinski definition) is 0. The van der Waals surface area contributed by atoms with Crippen LogP contribution in [0.15, 0.2) is 200 Å². The molecule has 0 saturated heterocycles. The molecule has 0 N–H and O–H groups in total. The van der Waals surface area contributed by atoms with Crippen LogP contribution in [0, 0.1) is 0 Å². The molecule has 9 aromatic carbocycles. The Labute approximate surface area is 351 Å². The summed E-state index contributed by atoms with van der Waals surface area (Å²) in [6, 6.07) is 77.1. The highest BCUT2D eigenvalue weighted by atomic mass is 28.3. The van der Waals surface area contributed by atoms with Gasteiger partial charge in [0.1, 0.15) is 0 Å². The van der Waals surface area contributed by atoms with Gasteiger partial charge >= 0.3 is 0 Å². The first-order chi connectivity index (χ1) is 29.5. The van der Waals surface area contributed by atoms with Gasteiger partial charge in [-0.1, -0.05) is 184 Å². The van der Waals surface area contributed by atoms with Gasteiger partial charge in [0.15, 0.2) is 8.07 Å². The zero-order valence-electron chi connectivity index (χ0n) is 33.5. The number of rotatable bonds is 1. The van der Waals surface area contributed by atoms with E-state index in [4.69, 9.17) is 0 Å². The van der Waals surface area contributed by atoms with E-state index in [-0.39, 0.29) is 5.41 Å². The van der Waals surface area contributed by atoms with Crippen LogP contribution in [-0.4, -0.2) is 8.07 Å². The van der Waals surface area contributed by atoms with Crippen LogP contribution in [0.4, 0.5) is 17.1 Å². The Morgan fingerprint density at radius 2 is 0.750 bits per heavy atom. The molecule has 3 heterocycles. The molecule has 2 heteroatoms. The molecule has 0 fully saturated rings. The fraction of sp³-hybridized carbons (Fsp3) is 0.0690. The highest BCUT2D eigenvalue weighted by Crippen LogP contribution is 2.63. The van der Waals surface area contributed by atoms with Gasteiger partial charge in [0.05, 0.1) is 16.8 Å². The molecule has 9 aromatic rings. The molecule has 2 spiro atoms. The van der Waals surface area contributed by atoms with Crippen LogP contribution in [0.5, 0.6) is 0 Å². The fourth-order valence-electron chi connectivity index (χ4n) is 12.8. The number of benzene rings is 9. The van der Waals surface area contributed by atoms with E-state index in [0.29, 0.717) is 0 Å². The van der Waals surface area contributed by atoms with Crippen LogP contribution in [0.1, 0.15) is 47.2 Å². The van der Waals surface area contributed by atoms with Crippen molar-refractivity contribution in [1.29, 1.82) is 0 Å². The van der Waals surface area contributed by atoms with Gasteiger partial charge in [-0.15, -0.1) is 0 Å². The van der Waals surface area contributed by atoms with Crippen LogP contribution in [0.25, 0.3) is 44.5 Å². The van der Waals surface area contributed by atoms with Crippen molar-refractivity contribution in [2.24, 2.45) is 0 Å². The molecule has 0 bridgehead atoms. The van der Waals surface area contributed by atoms with Crippen molar-refractivity contribution in [2.45, 2.75) is 24.7 Å². The number of anilines is 3. The molecular weight excluding hydrogens is 739 g/mol. The van der Waals surface area contributed by atoms with Crippen LogP contribution < -0.4 is 25.6 Å². The molecule has 0 amide bonds. The zero-order chi connectivity index (χ0) is 39.5. The number of fused-ring (bicyclic) bond motifs is 22. The first-order valence-electron chi connectivity index (χ1n) is 21.4. The van der Waals surface area contributed by atoms with Gasteiger partial charge in [0.25, 0.3) is 0 Å². The number of para-hydroxylation sites is 2. The van der Waals surface area contributed by atoms with Crippen molar-refractivity contribution < 1.29 is 0 Å². The first-order valence-corrected chi connectivity index (χ1v) is 23.4. The minimum absolute atomic E-state index is 0.0945. The Morgan fingerprint density at radius 3 is 1.35 bits per heavy atom. The Morgan fingerprint density at radius 1 is 0.317 bits per heavy atom. The smallest absolute Gasteiger partial charge is 0.182 e. The summed E-state index contributed by atoms with van der Waals surface area (Å²) < 4.78 is 0. The van der Waals surface area contributed by atoms with Crippen LogP contribution in [0.2, 0.25) is 0 Å². The molecule has 1 unspecified atom stereocenters. The average Bonchev–Trinajstić information content (AvgIpc) is 3.95. The quantitative estimate of drug-likeness (QED) is 0.150. The van der Waals surface area contributed by atoms with Gasteiger partial charge in [-0.25, -0.2) is 0 Å². The molecule has 0 radical (unpaired) electrons. The molecule has 60 heavy (non-hydrogen) atoms. The molecular formula is C58H39NSi. The molecule has 5 aliphatic rings. The Hall–Kier alpha value is -7.00. The van der Waals surface area contributed by atoms with Crippen LogP contribution >= 0.6 is 0 Å². The van der Waals surface area contributed by atoms with E-state index >= 15 is 0 Å².